The number of benzene rings is 1. The molecule has 88 valence electrons. The molecule has 0 saturated carbocycles. The molecule has 0 aliphatic heterocycles. The van der Waals surface area contributed by atoms with Gasteiger partial charge in [0.05, 0.1) is 6.21 Å². The molecule has 1 heterocycles. The highest BCUT2D eigenvalue weighted by Gasteiger charge is 2.04. The molecule has 3 N–H and O–H groups in total. The summed E-state index contributed by atoms with van der Waals surface area (Å²) in [5.41, 5.74) is -0.436. The first-order valence-electron chi connectivity index (χ1n) is 4.47. The maximum atomic E-state index is 12.9. The molecule has 0 radical (unpaired) electrons. The number of rotatable bonds is 2. The molecule has 0 spiro atoms. The van der Waals surface area contributed by atoms with Gasteiger partial charge in [-0.2, -0.15) is 9.49 Å². The average Bonchev–Trinajstić information content (AvgIpc) is 2.61. The first-order valence-corrected chi connectivity index (χ1v) is 4.47. The summed E-state index contributed by atoms with van der Waals surface area (Å²) in [5.74, 6) is -0.622. The highest BCUT2D eigenvalue weighted by atomic mass is 19.1. The van der Waals surface area contributed by atoms with Crippen LogP contribution in [0.15, 0.2) is 28.1 Å². The van der Waals surface area contributed by atoms with Crippen molar-refractivity contribution < 1.29 is 14.6 Å². The second-order valence-corrected chi connectivity index (χ2v) is 3.10. The summed E-state index contributed by atoms with van der Waals surface area (Å²) in [6.45, 7) is 0. The monoisotopic (exact) mass is 238 g/mol. The average molecular weight is 238 g/mol. The molecule has 2 aromatic rings. The molecule has 2 rings (SSSR count). The van der Waals surface area contributed by atoms with Gasteiger partial charge in [-0.1, -0.05) is 0 Å². The summed E-state index contributed by atoms with van der Waals surface area (Å²) in [7, 11) is 0. The second-order valence-electron chi connectivity index (χ2n) is 3.10. The molecule has 1 aromatic heterocycles. The molecule has 0 fully saturated rings. The van der Waals surface area contributed by atoms with Crippen LogP contribution in [-0.4, -0.2) is 31.3 Å². The van der Waals surface area contributed by atoms with Gasteiger partial charge >= 0.3 is 11.8 Å². The molecule has 0 bridgehead atoms. The normalized spacial score (nSPS) is 11.1. The third kappa shape index (κ3) is 2.14. The number of phenolic OH excluding ortho intramolecular Hbond substituents is 2. The predicted octanol–water partition coefficient (Wildman–Crippen LogP) is 0.00390. The SMILES string of the molecule is O=c1[nH]nc(F)n1/N=C/c1ccc(O)c(O)c1. The number of nitrogens with zero attached hydrogens (tertiary/aromatic N) is 3. The third-order valence-electron chi connectivity index (χ3n) is 1.93. The van der Waals surface area contributed by atoms with Crippen molar-refractivity contribution in [3.8, 4) is 11.5 Å². The van der Waals surface area contributed by atoms with Crippen molar-refractivity contribution >= 4 is 6.21 Å². The number of phenols is 2. The largest absolute Gasteiger partial charge is 0.504 e. The number of hydrogen-bond donors (Lipinski definition) is 3. The Labute approximate surface area is 93.5 Å². The maximum Gasteiger partial charge on any atom is 0.366 e. The smallest absolute Gasteiger partial charge is 0.366 e. The van der Waals surface area contributed by atoms with Crippen LogP contribution in [0.25, 0.3) is 0 Å². The van der Waals surface area contributed by atoms with Crippen LogP contribution in [0.3, 0.4) is 0 Å². The molecule has 0 atom stereocenters. The van der Waals surface area contributed by atoms with Crippen molar-refractivity contribution in [2.24, 2.45) is 5.10 Å². The summed E-state index contributed by atoms with van der Waals surface area (Å²) in [6.07, 6.45) is 0.0633. The van der Waals surface area contributed by atoms with Crippen LogP contribution < -0.4 is 5.69 Å². The zero-order valence-corrected chi connectivity index (χ0v) is 8.33. The van der Waals surface area contributed by atoms with E-state index in [9.17, 15) is 14.3 Å². The van der Waals surface area contributed by atoms with Gasteiger partial charge < -0.3 is 10.2 Å². The van der Waals surface area contributed by atoms with E-state index in [1.54, 1.807) is 0 Å². The Morgan fingerprint density at radius 2 is 2.18 bits per heavy atom. The van der Waals surface area contributed by atoms with Gasteiger partial charge in [-0.3, -0.25) is 0 Å². The number of halogens is 1. The molecular weight excluding hydrogens is 231 g/mol. The van der Waals surface area contributed by atoms with Crippen LogP contribution >= 0.6 is 0 Å². The van der Waals surface area contributed by atoms with E-state index >= 15 is 0 Å². The fraction of sp³-hybridized carbons (Fsp3) is 0. The van der Waals surface area contributed by atoms with Crippen molar-refractivity contribution in [1.82, 2.24) is 14.9 Å². The number of hydrogen-bond acceptors (Lipinski definition) is 5. The molecule has 0 aliphatic rings. The minimum atomic E-state index is -1.07. The van der Waals surface area contributed by atoms with Crippen molar-refractivity contribution in [2.75, 3.05) is 0 Å². The number of aromatic amines is 1. The first-order chi connectivity index (χ1) is 8.08. The van der Waals surface area contributed by atoms with Crippen molar-refractivity contribution in [3.63, 3.8) is 0 Å². The topological polar surface area (TPSA) is 104 Å². The van der Waals surface area contributed by atoms with E-state index in [0.29, 0.717) is 10.2 Å². The summed E-state index contributed by atoms with van der Waals surface area (Å²) in [6, 6.07) is 3.88. The Bertz CT molecular complexity index is 631. The van der Waals surface area contributed by atoms with Crippen molar-refractivity contribution in [3.05, 3.63) is 40.3 Å². The Hall–Kier alpha value is -2.64. The van der Waals surface area contributed by atoms with Crippen LogP contribution in [-0.2, 0) is 0 Å². The van der Waals surface area contributed by atoms with Gasteiger partial charge in [-0.05, 0) is 23.8 Å². The molecular formula is C9H7FN4O3. The lowest BCUT2D eigenvalue weighted by Gasteiger charge is -1.97. The van der Waals surface area contributed by atoms with Crippen LogP contribution in [0.4, 0.5) is 4.39 Å². The molecule has 0 unspecified atom stereocenters. The van der Waals surface area contributed by atoms with Gasteiger partial charge in [0, 0.05) is 0 Å². The maximum absolute atomic E-state index is 12.9. The van der Waals surface area contributed by atoms with Crippen LogP contribution in [0, 0.1) is 6.08 Å². The molecule has 17 heavy (non-hydrogen) atoms. The van der Waals surface area contributed by atoms with Gasteiger partial charge in [0.1, 0.15) is 0 Å². The lowest BCUT2D eigenvalue weighted by molar-refractivity contribution is 0.403. The standard InChI is InChI=1S/C9H7FN4O3/c10-8-12-13-9(17)14(8)11-4-5-1-2-6(15)7(16)3-5/h1-4,15-16H,(H,13,17)/b11-4+. The molecule has 1 aromatic carbocycles. The summed E-state index contributed by atoms with van der Waals surface area (Å²) in [5, 5.41) is 26.7. The zero-order valence-electron chi connectivity index (χ0n) is 8.33. The van der Waals surface area contributed by atoms with E-state index in [1.807, 2.05) is 5.10 Å². The fourth-order valence-electron chi connectivity index (χ4n) is 1.12. The highest BCUT2D eigenvalue weighted by Crippen LogP contribution is 2.23. The van der Waals surface area contributed by atoms with E-state index in [-0.39, 0.29) is 11.5 Å². The minimum Gasteiger partial charge on any atom is -0.504 e. The third-order valence-corrected chi connectivity index (χ3v) is 1.93. The van der Waals surface area contributed by atoms with Crippen LogP contribution in [0.5, 0.6) is 11.5 Å². The van der Waals surface area contributed by atoms with E-state index in [0.717, 1.165) is 6.21 Å². The number of aromatic hydroxyl groups is 2. The Morgan fingerprint density at radius 1 is 1.41 bits per heavy atom. The summed E-state index contributed by atoms with van der Waals surface area (Å²) >= 11 is 0. The first kappa shape index (κ1) is 10.9. The van der Waals surface area contributed by atoms with E-state index < -0.39 is 11.8 Å². The van der Waals surface area contributed by atoms with Gasteiger partial charge in [0.15, 0.2) is 11.5 Å². The van der Waals surface area contributed by atoms with Crippen LogP contribution in [0.2, 0.25) is 0 Å². The predicted molar refractivity (Wildman–Crippen MR) is 55.6 cm³/mol. The highest BCUT2D eigenvalue weighted by molar-refractivity contribution is 5.80. The lowest BCUT2D eigenvalue weighted by Crippen LogP contribution is -2.14. The number of aromatic nitrogens is 3. The lowest BCUT2D eigenvalue weighted by atomic mass is 10.2. The van der Waals surface area contributed by atoms with Crippen molar-refractivity contribution in [2.45, 2.75) is 0 Å². The number of H-pyrrole nitrogens is 1. The van der Waals surface area contributed by atoms with E-state index in [4.69, 9.17) is 5.11 Å². The quantitative estimate of drug-likeness (QED) is 0.506. The molecule has 0 aliphatic carbocycles. The van der Waals surface area contributed by atoms with E-state index in [1.165, 1.54) is 18.2 Å². The molecule has 7 nitrogen and oxygen atoms in total. The minimum absolute atomic E-state index is 0.284. The fourth-order valence-corrected chi connectivity index (χ4v) is 1.12. The summed E-state index contributed by atoms with van der Waals surface area (Å²) < 4.78 is 13.3. The van der Waals surface area contributed by atoms with Gasteiger partial charge in [0.2, 0.25) is 0 Å². The zero-order chi connectivity index (χ0) is 12.4. The molecule has 0 amide bonds. The number of nitrogens with one attached hydrogen (secondary N) is 1. The second kappa shape index (κ2) is 4.08. The van der Waals surface area contributed by atoms with Gasteiger partial charge in [-0.15, -0.1) is 9.77 Å². The Balaban J connectivity index is 2.32. The van der Waals surface area contributed by atoms with E-state index in [2.05, 4.69) is 10.2 Å². The van der Waals surface area contributed by atoms with Crippen LogP contribution in [0.1, 0.15) is 5.56 Å². The molecule has 0 saturated heterocycles. The van der Waals surface area contributed by atoms with Gasteiger partial charge in [0.25, 0.3) is 0 Å². The Morgan fingerprint density at radius 3 is 2.76 bits per heavy atom. The summed E-state index contributed by atoms with van der Waals surface area (Å²) in [4.78, 5) is 11.0. The van der Waals surface area contributed by atoms with Crippen molar-refractivity contribution in [1.29, 1.82) is 0 Å². The Kier molecular flexibility index (Phi) is 2.61. The van der Waals surface area contributed by atoms with Gasteiger partial charge in [-0.25, -0.2) is 9.89 Å². The molecule has 8 heteroatoms.